The molecular formula is C18H28Cl2N2O5. The number of methoxy groups -OCH3 is 2. The summed E-state index contributed by atoms with van der Waals surface area (Å²) in [4.78, 5) is 14.1. The highest BCUT2D eigenvalue weighted by Crippen LogP contribution is 2.35. The van der Waals surface area contributed by atoms with Crippen LogP contribution in [0.4, 0.5) is 0 Å². The number of carboxylic acid groups (broad SMARTS) is 1. The minimum atomic E-state index is -0.863. The van der Waals surface area contributed by atoms with Gasteiger partial charge in [0.1, 0.15) is 6.04 Å². The largest absolute Gasteiger partial charge is 0.493 e. The first-order valence-electron chi connectivity index (χ1n) is 8.62. The molecule has 2 aliphatic rings. The average molecular weight is 423 g/mol. The topological polar surface area (TPSA) is 80.3 Å². The van der Waals surface area contributed by atoms with E-state index in [2.05, 4.69) is 5.32 Å². The van der Waals surface area contributed by atoms with Gasteiger partial charge in [-0.05, 0) is 43.6 Å². The average Bonchev–Trinajstić information content (AvgIpc) is 2.62. The molecule has 0 amide bonds. The lowest BCUT2D eigenvalue weighted by Gasteiger charge is -2.46. The van der Waals surface area contributed by atoms with E-state index in [0.29, 0.717) is 36.8 Å². The van der Waals surface area contributed by atoms with Gasteiger partial charge in [0.05, 0.1) is 26.4 Å². The molecule has 1 atom stereocenters. The van der Waals surface area contributed by atoms with Crippen molar-refractivity contribution in [3.8, 4) is 11.5 Å². The summed E-state index contributed by atoms with van der Waals surface area (Å²) >= 11 is 0. The minimum Gasteiger partial charge on any atom is -0.493 e. The Morgan fingerprint density at radius 1 is 1.22 bits per heavy atom. The van der Waals surface area contributed by atoms with Crippen LogP contribution in [-0.2, 0) is 9.53 Å². The van der Waals surface area contributed by atoms with E-state index in [9.17, 15) is 9.90 Å². The Kier molecular flexibility index (Phi) is 9.11. The van der Waals surface area contributed by atoms with Crippen LogP contribution in [0.25, 0.3) is 0 Å². The number of nitrogens with one attached hydrogen (secondary N) is 1. The van der Waals surface area contributed by atoms with E-state index in [1.54, 1.807) is 32.4 Å². The van der Waals surface area contributed by atoms with Crippen molar-refractivity contribution in [1.29, 1.82) is 0 Å². The zero-order valence-electron chi connectivity index (χ0n) is 15.6. The van der Waals surface area contributed by atoms with Crippen molar-refractivity contribution < 1.29 is 24.1 Å². The van der Waals surface area contributed by atoms with E-state index in [1.165, 1.54) is 0 Å². The smallest absolute Gasteiger partial charge is 0.325 e. The normalized spacial score (nSPS) is 20.1. The summed E-state index contributed by atoms with van der Waals surface area (Å²) in [6.07, 6.45) is 1.81. The Morgan fingerprint density at radius 2 is 1.89 bits per heavy atom. The maximum absolute atomic E-state index is 12.1. The summed E-state index contributed by atoms with van der Waals surface area (Å²) in [5.74, 6) is 0.265. The second-order valence-corrected chi connectivity index (χ2v) is 6.61. The molecule has 1 aromatic rings. The summed E-state index contributed by atoms with van der Waals surface area (Å²) in [7, 11) is 3.12. The first kappa shape index (κ1) is 23.8. The van der Waals surface area contributed by atoms with Crippen molar-refractivity contribution in [3.05, 3.63) is 23.8 Å². The first-order valence-corrected chi connectivity index (χ1v) is 8.62. The molecule has 27 heavy (non-hydrogen) atoms. The molecule has 2 N–H and O–H groups in total. The molecule has 3 rings (SSSR count). The lowest BCUT2D eigenvalue weighted by atomic mass is 9.89. The molecule has 0 aliphatic carbocycles. The van der Waals surface area contributed by atoms with E-state index in [4.69, 9.17) is 14.2 Å². The van der Waals surface area contributed by atoms with Gasteiger partial charge in [-0.2, -0.15) is 0 Å². The molecule has 154 valence electrons. The number of hydrogen-bond donors (Lipinski definition) is 2. The Bertz CT molecular complexity index is 620. The van der Waals surface area contributed by atoms with Crippen LogP contribution in [0.15, 0.2) is 18.2 Å². The number of carbonyl (C=O) groups is 1. The SMILES string of the molecule is COc1ccc(C(C(=O)O)N2CCOC3(CCNCC3)C2)cc1OC.Cl.Cl. The summed E-state index contributed by atoms with van der Waals surface area (Å²) in [5, 5.41) is 13.2. The number of hydrogen-bond acceptors (Lipinski definition) is 6. The summed E-state index contributed by atoms with van der Waals surface area (Å²) < 4.78 is 16.7. The van der Waals surface area contributed by atoms with Crippen LogP contribution in [0.3, 0.4) is 0 Å². The highest BCUT2D eigenvalue weighted by Gasteiger charge is 2.41. The van der Waals surface area contributed by atoms with Crippen LogP contribution in [0.1, 0.15) is 24.4 Å². The highest BCUT2D eigenvalue weighted by atomic mass is 35.5. The van der Waals surface area contributed by atoms with Gasteiger partial charge in [-0.1, -0.05) is 6.07 Å². The van der Waals surface area contributed by atoms with Crippen molar-refractivity contribution in [2.45, 2.75) is 24.5 Å². The number of carboxylic acids is 1. The summed E-state index contributed by atoms with van der Waals surface area (Å²) in [6.45, 7) is 3.58. The molecule has 9 heteroatoms. The fraction of sp³-hybridized carbons (Fsp3) is 0.611. The molecule has 2 aliphatic heterocycles. The number of nitrogens with zero attached hydrogens (tertiary/aromatic N) is 1. The Hall–Kier alpha value is -1.25. The lowest BCUT2D eigenvalue weighted by Crippen LogP contribution is -2.57. The van der Waals surface area contributed by atoms with Crippen LogP contribution in [0.2, 0.25) is 0 Å². The molecule has 1 spiro atoms. The second kappa shape index (κ2) is 10.3. The van der Waals surface area contributed by atoms with Crippen molar-refractivity contribution >= 4 is 30.8 Å². The number of morpholine rings is 1. The first-order chi connectivity index (χ1) is 12.1. The van der Waals surface area contributed by atoms with Crippen molar-refractivity contribution in [1.82, 2.24) is 10.2 Å². The van der Waals surface area contributed by atoms with Gasteiger partial charge in [0.15, 0.2) is 11.5 Å². The maximum atomic E-state index is 12.1. The predicted molar refractivity (Wildman–Crippen MR) is 107 cm³/mol. The van der Waals surface area contributed by atoms with Gasteiger partial charge in [0.2, 0.25) is 0 Å². The minimum absolute atomic E-state index is 0. The van der Waals surface area contributed by atoms with Gasteiger partial charge in [-0.3, -0.25) is 9.69 Å². The quantitative estimate of drug-likeness (QED) is 0.751. The zero-order valence-corrected chi connectivity index (χ0v) is 17.2. The summed E-state index contributed by atoms with van der Waals surface area (Å²) in [5.41, 5.74) is 0.449. The molecule has 0 radical (unpaired) electrons. The number of rotatable bonds is 5. The number of benzene rings is 1. The van der Waals surface area contributed by atoms with Crippen LogP contribution in [-0.4, -0.2) is 68.6 Å². The number of aliphatic carboxylic acids is 1. The monoisotopic (exact) mass is 422 g/mol. The molecule has 2 heterocycles. The third-order valence-corrected chi connectivity index (χ3v) is 5.12. The van der Waals surface area contributed by atoms with E-state index in [1.807, 2.05) is 4.90 Å². The molecule has 1 unspecified atom stereocenters. The molecular weight excluding hydrogens is 395 g/mol. The highest BCUT2D eigenvalue weighted by molar-refractivity contribution is 5.85. The third kappa shape index (κ3) is 5.18. The van der Waals surface area contributed by atoms with E-state index in [0.717, 1.165) is 25.9 Å². The van der Waals surface area contributed by atoms with Gasteiger partial charge < -0.3 is 24.6 Å². The van der Waals surface area contributed by atoms with Gasteiger partial charge in [0.25, 0.3) is 0 Å². The van der Waals surface area contributed by atoms with Crippen LogP contribution < -0.4 is 14.8 Å². The van der Waals surface area contributed by atoms with Gasteiger partial charge >= 0.3 is 5.97 Å². The second-order valence-electron chi connectivity index (χ2n) is 6.61. The molecule has 0 aromatic heterocycles. The van der Waals surface area contributed by atoms with Crippen molar-refractivity contribution in [2.75, 3.05) is 47.0 Å². The molecule has 0 bridgehead atoms. The number of halogens is 2. The molecule has 1 aromatic carbocycles. The fourth-order valence-corrected chi connectivity index (χ4v) is 3.81. The van der Waals surface area contributed by atoms with Crippen molar-refractivity contribution in [3.63, 3.8) is 0 Å². The molecule has 7 nitrogen and oxygen atoms in total. The van der Waals surface area contributed by atoms with Crippen LogP contribution >= 0.6 is 24.8 Å². The zero-order chi connectivity index (χ0) is 17.9. The lowest BCUT2D eigenvalue weighted by molar-refractivity contribution is -0.158. The summed E-state index contributed by atoms with van der Waals surface area (Å²) in [6, 6.07) is 4.58. The molecule has 0 saturated carbocycles. The van der Waals surface area contributed by atoms with Gasteiger partial charge in [0, 0.05) is 13.1 Å². The molecule has 2 fully saturated rings. The standard InChI is InChI=1S/C18H26N2O5.2ClH/c1-23-14-4-3-13(11-15(14)24-2)16(17(21)22)20-9-10-25-18(12-20)5-7-19-8-6-18;;/h3-4,11,16,19H,5-10,12H2,1-2H3,(H,21,22);2*1H. The maximum Gasteiger partial charge on any atom is 0.325 e. The number of piperidine rings is 1. The van der Waals surface area contributed by atoms with E-state index >= 15 is 0 Å². The number of ether oxygens (including phenoxy) is 3. The van der Waals surface area contributed by atoms with E-state index < -0.39 is 12.0 Å². The predicted octanol–water partition coefficient (Wildman–Crippen LogP) is 2.13. The van der Waals surface area contributed by atoms with Crippen LogP contribution in [0, 0.1) is 0 Å². The third-order valence-electron chi connectivity index (χ3n) is 5.12. The van der Waals surface area contributed by atoms with Crippen LogP contribution in [0.5, 0.6) is 11.5 Å². The Labute approximate surface area is 172 Å². The molecule has 2 saturated heterocycles. The van der Waals surface area contributed by atoms with Gasteiger partial charge in [-0.15, -0.1) is 24.8 Å². The Morgan fingerprint density at radius 3 is 2.48 bits per heavy atom. The Balaban J connectivity index is 0.00000182. The van der Waals surface area contributed by atoms with E-state index in [-0.39, 0.29) is 30.4 Å². The van der Waals surface area contributed by atoms with Crippen molar-refractivity contribution in [2.24, 2.45) is 0 Å². The van der Waals surface area contributed by atoms with Gasteiger partial charge in [-0.25, -0.2) is 0 Å². The fourth-order valence-electron chi connectivity index (χ4n) is 3.81.